The van der Waals surface area contributed by atoms with Crippen LogP contribution in [0, 0.1) is 0 Å². The van der Waals surface area contributed by atoms with Crippen LogP contribution in [0.25, 0.3) is 0 Å². The van der Waals surface area contributed by atoms with E-state index in [1.54, 1.807) is 12.2 Å². The van der Waals surface area contributed by atoms with Crippen molar-refractivity contribution in [1.82, 2.24) is 0 Å². The van der Waals surface area contributed by atoms with E-state index in [-0.39, 0.29) is 0 Å². The van der Waals surface area contributed by atoms with Gasteiger partial charge in [0.05, 0.1) is 5.70 Å². The highest BCUT2D eigenvalue weighted by Crippen LogP contribution is 2.19. The first-order valence-corrected chi connectivity index (χ1v) is 9.57. The van der Waals surface area contributed by atoms with Crippen molar-refractivity contribution >= 4 is 17.2 Å². The third kappa shape index (κ3) is 6.51. The molecule has 0 saturated carbocycles. The normalized spacial score (nSPS) is 16.7. The molecule has 158 valence electrons. The molecular weight excluding hydrogens is 376 g/mol. The number of nitrogens with zero attached hydrogens (tertiary/aromatic N) is 3. The van der Waals surface area contributed by atoms with Gasteiger partial charge in [-0.05, 0) is 55.8 Å². The highest BCUT2D eigenvalue weighted by Gasteiger charge is 2.12. The Morgan fingerprint density at radius 1 is 1.07 bits per heavy atom. The van der Waals surface area contributed by atoms with Crippen LogP contribution < -0.4 is 10.6 Å². The lowest BCUT2D eigenvalue weighted by Crippen LogP contribution is -2.14. The summed E-state index contributed by atoms with van der Waals surface area (Å²) < 4.78 is 10.9. The second kappa shape index (κ2) is 10.3. The molecule has 1 aromatic rings. The Hall–Kier alpha value is -3.54. The van der Waals surface area contributed by atoms with Crippen molar-refractivity contribution in [3.8, 4) is 0 Å². The van der Waals surface area contributed by atoms with Crippen LogP contribution in [0.5, 0.6) is 0 Å². The van der Waals surface area contributed by atoms with E-state index in [1.807, 2.05) is 57.1 Å². The van der Waals surface area contributed by atoms with E-state index in [0.29, 0.717) is 41.8 Å². The summed E-state index contributed by atoms with van der Waals surface area (Å²) >= 11 is 0. The largest absolute Gasteiger partial charge is 0.487 e. The number of allylic oxidation sites excluding steroid dienone is 4. The summed E-state index contributed by atoms with van der Waals surface area (Å²) in [5.41, 5.74) is 10.7. The highest BCUT2D eigenvalue weighted by molar-refractivity contribution is 6.01. The molecule has 1 saturated heterocycles. The number of nitrogens with two attached hydrogens (primary N) is 1. The first kappa shape index (κ1) is 22.7. The number of rotatable bonds is 7. The number of ether oxygens (including phenoxy) is 2. The Morgan fingerprint density at radius 3 is 2.30 bits per heavy atom. The predicted molar refractivity (Wildman–Crippen MR) is 126 cm³/mol. The van der Waals surface area contributed by atoms with Crippen LogP contribution in [0.4, 0.5) is 5.69 Å². The molecule has 1 aliphatic heterocycles. The van der Waals surface area contributed by atoms with E-state index in [1.165, 1.54) is 0 Å². The van der Waals surface area contributed by atoms with Crippen LogP contribution in [0.2, 0.25) is 0 Å². The molecule has 2 rings (SSSR count). The van der Waals surface area contributed by atoms with Crippen molar-refractivity contribution < 1.29 is 9.47 Å². The van der Waals surface area contributed by atoms with Crippen LogP contribution in [0.1, 0.15) is 19.4 Å². The van der Waals surface area contributed by atoms with E-state index >= 15 is 0 Å². The standard InChI is InChI=1S/C24H30N4O2/c1-16(14-23-20(5)29-12-13-30-23)19(4)26-17(2)15-18(3)27-24(25)21-8-10-22(11-9-21)28(6)7/h8-11,14-15H,1,3,5,12-13H2,2,4,6-7H3,(H2,25,27). The van der Waals surface area contributed by atoms with Gasteiger partial charge in [-0.1, -0.05) is 19.7 Å². The van der Waals surface area contributed by atoms with Gasteiger partial charge in [-0.3, -0.25) is 4.99 Å². The number of hydrogen-bond donors (Lipinski definition) is 1. The topological polar surface area (TPSA) is 72.4 Å². The maximum atomic E-state index is 6.12. The fraction of sp³-hybridized carbons (Fsp3) is 0.250. The van der Waals surface area contributed by atoms with Crippen molar-refractivity contribution in [3.63, 3.8) is 0 Å². The molecule has 6 heteroatoms. The Labute approximate surface area is 179 Å². The molecule has 1 fully saturated rings. The second-order valence-corrected chi connectivity index (χ2v) is 7.07. The van der Waals surface area contributed by atoms with Gasteiger partial charge >= 0.3 is 0 Å². The molecule has 1 heterocycles. The van der Waals surface area contributed by atoms with Crippen LogP contribution in [-0.4, -0.2) is 38.9 Å². The molecule has 0 amide bonds. The predicted octanol–water partition coefficient (Wildman–Crippen LogP) is 4.34. The minimum absolute atomic E-state index is 0.400. The number of anilines is 1. The number of aliphatic imine (C=N–C) groups is 2. The summed E-state index contributed by atoms with van der Waals surface area (Å²) in [6.45, 7) is 16.6. The molecular formula is C24H30N4O2. The van der Waals surface area contributed by atoms with Gasteiger partial charge in [0.2, 0.25) is 0 Å². The van der Waals surface area contributed by atoms with Gasteiger partial charge in [-0.15, -0.1) is 0 Å². The summed E-state index contributed by atoms with van der Waals surface area (Å²) in [5.74, 6) is 1.47. The van der Waals surface area contributed by atoms with E-state index in [9.17, 15) is 0 Å². The smallest absolute Gasteiger partial charge is 0.161 e. The molecule has 0 aromatic heterocycles. The van der Waals surface area contributed by atoms with Gasteiger partial charge < -0.3 is 20.1 Å². The minimum atomic E-state index is 0.400. The first-order valence-electron chi connectivity index (χ1n) is 9.57. The van der Waals surface area contributed by atoms with E-state index in [2.05, 4.69) is 29.7 Å². The first-order chi connectivity index (χ1) is 14.2. The lowest BCUT2D eigenvalue weighted by Gasteiger charge is -2.19. The monoisotopic (exact) mass is 406 g/mol. The van der Waals surface area contributed by atoms with Gasteiger partial charge in [-0.25, -0.2) is 4.99 Å². The van der Waals surface area contributed by atoms with Crippen molar-refractivity contribution in [2.24, 2.45) is 15.7 Å². The molecule has 6 nitrogen and oxygen atoms in total. The van der Waals surface area contributed by atoms with Gasteiger partial charge in [0.1, 0.15) is 19.0 Å². The molecule has 2 N–H and O–H groups in total. The van der Waals surface area contributed by atoms with Crippen LogP contribution in [0.15, 0.2) is 94.6 Å². The van der Waals surface area contributed by atoms with Crippen LogP contribution >= 0.6 is 0 Å². The van der Waals surface area contributed by atoms with Gasteiger partial charge in [0.25, 0.3) is 0 Å². The Kier molecular flexibility index (Phi) is 7.81. The van der Waals surface area contributed by atoms with E-state index < -0.39 is 0 Å². The Morgan fingerprint density at radius 2 is 1.70 bits per heavy atom. The van der Waals surface area contributed by atoms with Gasteiger partial charge in [-0.2, -0.15) is 0 Å². The zero-order chi connectivity index (χ0) is 22.3. The molecule has 0 spiro atoms. The third-order valence-corrected chi connectivity index (χ3v) is 4.33. The minimum Gasteiger partial charge on any atom is -0.487 e. The van der Waals surface area contributed by atoms with E-state index in [4.69, 9.17) is 15.2 Å². The second-order valence-electron chi connectivity index (χ2n) is 7.07. The molecule has 30 heavy (non-hydrogen) atoms. The van der Waals surface area contributed by atoms with Crippen LogP contribution in [-0.2, 0) is 9.47 Å². The molecule has 1 aromatic carbocycles. The van der Waals surface area contributed by atoms with Gasteiger partial charge in [0, 0.05) is 36.8 Å². The maximum Gasteiger partial charge on any atom is 0.161 e. The van der Waals surface area contributed by atoms with Crippen molar-refractivity contribution in [2.75, 3.05) is 32.2 Å². The molecule has 1 aliphatic rings. The highest BCUT2D eigenvalue weighted by atomic mass is 16.6. The number of benzene rings is 1. The van der Waals surface area contributed by atoms with Crippen LogP contribution in [0.3, 0.4) is 0 Å². The zero-order valence-electron chi connectivity index (χ0n) is 18.2. The summed E-state index contributed by atoms with van der Waals surface area (Å²) in [6, 6.07) is 7.85. The van der Waals surface area contributed by atoms with Gasteiger partial charge in [0.15, 0.2) is 11.5 Å². The molecule has 0 atom stereocenters. The molecule has 0 unspecified atom stereocenters. The lowest BCUT2D eigenvalue weighted by atomic mass is 10.1. The fourth-order valence-corrected chi connectivity index (χ4v) is 2.64. The van der Waals surface area contributed by atoms with Crippen molar-refractivity contribution in [2.45, 2.75) is 13.8 Å². The number of hydrogen-bond acceptors (Lipinski definition) is 5. The summed E-state index contributed by atoms with van der Waals surface area (Å²) in [5, 5.41) is 0. The van der Waals surface area contributed by atoms with Crippen molar-refractivity contribution in [1.29, 1.82) is 0 Å². The summed E-state index contributed by atoms with van der Waals surface area (Å²) in [7, 11) is 3.98. The van der Waals surface area contributed by atoms with Crippen molar-refractivity contribution in [3.05, 3.63) is 90.2 Å². The lowest BCUT2D eigenvalue weighted by molar-refractivity contribution is 0.0605. The average molecular weight is 407 g/mol. The molecule has 0 aliphatic carbocycles. The third-order valence-electron chi connectivity index (χ3n) is 4.33. The average Bonchev–Trinajstić information content (AvgIpc) is 2.69. The summed E-state index contributed by atoms with van der Waals surface area (Å²) in [6.07, 6.45) is 3.54. The Bertz CT molecular complexity index is 948. The summed E-state index contributed by atoms with van der Waals surface area (Å²) in [4.78, 5) is 10.9. The fourth-order valence-electron chi connectivity index (χ4n) is 2.64. The molecule has 0 bridgehead atoms. The zero-order valence-corrected chi connectivity index (χ0v) is 18.2. The SMILES string of the molecule is C=C(C=C(C)N=C(C)C(=C)C=C1OCCOC1=C)N=C(N)c1ccc(N(C)C)cc1. The quantitative estimate of drug-likeness (QED) is 0.415. The maximum absolute atomic E-state index is 6.12. The number of amidine groups is 1. The molecule has 0 radical (unpaired) electrons. The van der Waals surface area contributed by atoms with E-state index in [0.717, 1.165) is 22.7 Å². The Balaban J connectivity index is 2.08.